The van der Waals surface area contributed by atoms with Gasteiger partial charge in [0.15, 0.2) is 0 Å². The normalized spacial score (nSPS) is 11.5. The fourth-order valence-corrected chi connectivity index (χ4v) is 0.994. The highest BCUT2D eigenvalue weighted by Gasteiger charge is 2.26. The van der Waals surface area contributed by atoms with Gasteiger partial charge in [0.2, 0.25) is 0 Å². The lowest BCUT2D eigenvalue weighted by Gasteiger charge is -2.11. The van der Waals surface area contributed by atoms with Crippen molar-refractivity contribution in [3.8, 4) is 0 Å². The van der Waals surface area contributed by atoms with Crippen molar-refractivity contribution in [2.24, 2.45) is 0 Å². The fraction of sp³-hybridized carbons (Fsp3) is 0.333. The molecule has 1 N–H and O–H groups in total. The smallest absolute Gasteiger partial charge is 0.376 e. The van der Waals surface area contributed by atoms with E-state index in [2.05, 4.69) is 5.32 Å². The van der Waals surface area contributed by atoms with Gasteiger partial charge in [-0.1, -0.05) is 6.07 Å². The van der Waals surface area contributed by atoms with Gasteiger partial charge >= 0.3 is 6.18 Å². The van der Waals surface area contributed by atoms with Crippen LogP contribution < -0.4 is 5.32 Å². The molecular weight excluding hydrogens is 198 g/mol. The topological polar surface area (TPSA) is 12.0 Å². The average molecular weight is 207 g/mol. The summed E-state index contributed by atoms with van der Waals surface area (Å²) in [6.07, 6.45) is -4.29. The van der Waals surface area contributed by atoms with Gasteiger partial charge in [0, 0.05) is 11.3 Å². The Morgan fingerprint density at radius 1 is 1.29 bits per heavy atom. The van der Waals surface area contributed by atoms with Crippen LogP contribution in [0.1, 0.15) is 5.56 Å². The highest BCUT2D eigenvalue weighted by Crippen LogP contribution is 2.20. The third kappa shape index (κ3) is 2.90. The molecule has 0 aliphatic rings. The molecule has 0 aromatic heterocycles. The summed E-state index contributed by atoms with van der Waals surface area (Å²) in [5.74, 6) is -0.517. The van der Waals surface area contributed by atoms with Crippen LogP contribution in [0.4, 0.5) is 23.2 Å². The first-order valence-corrected chi connectivity index (χ1v) is 3.96. The number of nitrogens with one attached hydrogen (secondary N) is 1. The van der Waals surface area contributed by atoms with Crippen LogP contribution in [0, 0.1) is 12.7 Å². The monoisotopic (exact) mass is 207 g/mol. The van der Waals surface area contributed by atoms with Gasteiger partial charge in [-0.05, 0) is 19.1 Å². The van der Waals surface area contributed by atoms with E-state index in [1.54, 1.807) is 0 Å². The second-order valence-corrected chi connectivity index (χ2v) is 2.88. The Morgan fingerprint density at radius 3 is 2.50 bits per heavy atom. The van der Waals surface area contributed by atoms with Crippen LogP contribution in [0.2, 0.25) is 0 Å². The van der Waals surface area contributed by atoms with Gasteiger partial charge < -0.3 is 5.32 Å². The molecule has 5 heteroatoms. The second kappa shape index (κ2) is 3.86. The fourth-order valence-electron chi connectivity index (χ4n) is 0.994. The minimum atomic E-state index is -4.29. The van der Waals surface area contributed by atoms with Crippen LogP contribution >= 0.6 is 0 Å². The first kappa shape index (κ1) is 10.8. The van der Waals surface area contributed by atoms with Gasteiger partial charge in [0.05, 0.1) is 0 Å². The van der Waals surface area contributed by atoms with Gasteiger partial charge in [-0.2, -0.15) is 13.2 Å². The number of halogens is 4. The van der Waals surface area contributed by atoms with Crippen molar-refractivity contribution in [2.75, 3.05) is 11.9 Å². The van der Waals surface area contributed by atoms with E-state index in [-0.39, 0.29) is 11.3 Å². The molecule has 0 atom stereocenters. The molecule has 0 fully saturated rings. The molecule has 0 saturated heterocycles. The summed E-state index contributed by atoms with van der Waals surface area (Å²) >= 11 is 0. The van der Waals surface area contributed by atoms with Gasteiger partial charge in [-0.15, -0.1) is 0 Å². The molecular formula is C9H9F4N. The van der Waals surface area contributed by atoms with E-state index >= 15 is 0 Å². The quantitative estimate of drug-likeness (QED) is 0.734. The molecule has 0 spiro atoms. The predicted molar refractivity (Wildman–Crippen MR) is 45.7 cm³/mol. The average Bonchev–Trinajstić information content (AvgIpc) is 2.06. The summed E-state index contributed by atoms with van der Waals surface area (Å²) in [5.41, 5.74) is 0.360. The molecule has 0 amide bonds. The van der Waals surface area contributed by atoms with Crippen molar-refractivity contribution in [1.29, 1.82) is 0 Å². The van der Waals surface area contributed by atoms with E-state index in [1.807, 2.05) is 0 Å². The number of hydrogen-bond donors (Lipinski definition) is 1. The maximum absolute atomic E-state index is 12.9. The third-order valence-electron chi connectivity index (χ3n) is 1.75. The minimum Gasteiger partial charge on any atom is -0.376 e. The van der Waals surface area contributed by atoms with Gasteiger partial charge in [-0.3, -0.25) is 0 Å². The maximum Gasteiger partial charge on any atom is 0.405 e. The van der Waals surface area contributed by atoms with Crippen molar-refractivity contribution in [2.45, 2.75) is 13.1 Å². The summed E-state index contributed by atoms with van der Waals surface area (Å²) in [7, 11) is 0. The van der Waals surface area contributed by atoms with E-state index in [0.29, 0.717) is 0 Å². The molecule has 0 aliphatic heterocycles. The SMILES string of the molecule is Cc1c(F)cccc1NCC(F)(F)F. The van der Waals surface area contributed by atoms with Crippen molar-refractivity contribution in [3.05, 3.63) is 29.6 Å². The van der Waals surface area contributed by atoms with Crippen LogP contribution in [0.25, 0.3) is 0 Å². The minimum absolute atomic E-state index is 0.169. The Labute approximate surface area is 78.7 Å². The summed E-state index contributed by atoms with van der Waals surface area (Å²) in [6, 6.07) is 3.97. The van der Waals surface area contributed by atoms with Crippen molar-refractivity contribution in [3.63, 3.8) is 0 Å². The van der Waals surface area contributed by atoms with Crippen LogP contribution in [0.15, 0.2) is 18.2 Å². The third-order valence-corrected chi connectivity index (χ3v) is 1.75. The molecule has 1 aromatic carbocycles. The van der Waals surface area contributed by atoms with Crippen LogP contribution in [-0.4, -0.2) is 12.7 Å². The lowest BCUT2D eigenvalue weighted by Crippen LogP contribution is -2.21. The van der Waals surface area contributed by atoms with Crippen molar-refractivity contribution in [1.82, 2.24) is 0 Å². The van der Waals surface area contributed by atoms with E-state index in [1.165, 1.54) is 25.1 Å². The lowest BCUT2D eigenvalue weighted by molar-refractivity contribution is -0.115. The number of anilines is 1. The molecule has 78 valence electrons. The largest absolute Gasteiger partial charge is 0.405 e. The summed E-state index contributed by atoms with van der Waals surface area (Å²) in [6.45, 7) is 0.269. The number of alkyl halides is 3. The Bertz CT molecular complexity index is 319. The van der Waals surface area contributed by atoms with Crippen LogP contribution in [0.5, 0.6) is 0 Å². The number of rotatable bonds is 2. The molecule has 0 unspecified atom stereocenters. The molecule has 1 rings (SSSR count). The number of hydrogen-bond acceptors (Lipinski definition) is 1. The molecule has 14 heavy (non-hydrogen) atoms. The van der Waals surface area contributed by atoms with Gasteiger partial charge in [0.25, 0.3) is 0 Å². The molecule has 0 bridgehead atoms. The molecule has 0 radical (unpaired) electrons. The van der Waals surface area contributed by atoms with E-state index in [9.17, 15) is 17.6 Å². The Kier molecular flexibility index (Phi) is 2.98. The van der Waals surface area contributed by atoms with Crippen molar-refractivity contribution < 1.29 is 17.6 Å². The summed E-state index contributed by atoms with van der Waals surface area (Å²) < 4.78 is 48.3. The molecule has 1 nitrogen and oxygen atoms in total. The standard InChI is InChI=1S/C9H9F4N/c1-6-7(10)3-2-4-8(6)14-5-9(11,12)13/h2-4,14H,5H2,1H3. The lowest BCUT2D eigenvalue weighted by atomic mass is 10.2. The highest BCUT2D eigenvalue weighted by molar-refractivity contribution is 5.50. The summed E-state index contributed by atoms with van der Waals surface area (Å²) in [5, 5.41) is 2.13. The van der Waals surface area contributed by atoms with E-state index < -0.39 is 18.5 Å². The zero-order valence-electron chi connectivity index (χ0n) is 7.45. The maximum atomic E-state index is 12.9. The summed E-state index contributed by atoms with van der Waals surface area (Å²) in [4.78, 5) is 0. The Balaban J connectivity index is 2.73. The van der Waals surface area contributed by atoms with Gasteiger partial charge in [-0.25, -0.2) is 4.39 Å². The van der Waals surface area contributed by atoms with E-state index in [0.717, 1.165) is 0 Å². The first-order chi connectivity index (χ1) is 6.40. The highest BCUT2D eigenvalue weighted by atomic mass is 19.4. The Hall–Kier alpha value is -1.26. The molecule has 0 saturated carbocycles. The molecule has 1 aromatic rings. The van der Waals surface area contributed by atoms with Gasteiger partial charge in [0.1, 0.15) is 12.4 Å². The predicted octanol–water partition coefficient (Wildman–Crippen LogP) is 3.11. The zero-order valence-corrected chi connectivity index (χ0v) is 7.45. The Morgan fingerprint density at radius 2 is 1.93 bits per heavy atom. The van der Waals surface area contributed by atoms with E-state index in [4.69, 9.17) is 0 Å². The second-order valence-electron chi connectivity index (χ2n) is 2.88. The van der Waals surface area contributed by atoms with Crippen molar-refractivity contribution >= 4 is 5.69 Å². The zero-order chi connectivity index (χ0) is 10.8. The first-order valence-electron chi connectivity index (χ1n) is 3.96. The molecule has 0 aliphatic carbocycles. The van der Waals surface area contributed by atoms with Crippen LogP contribution in [0.3, 0.4) is 0 Å². The van der Waals surface area contributed by atoms with Crippen LogP contribution in [-0.2, 0) is 0 Å². The number of benzene rings is 1. The molecule has 0 heterocycles.